The van der Waals surface area contributed by atoms with E-state index in [-0.39, 0.29) is 12.2 Å². The maximum atomic E-state index is 12.5. The SMILES string of the molecule is Cc1c(C(=O)N[C@H](C(=O)OCC(F)(F)F)C(C)C)ccc2c1B(O)OC2. The molecule has 6 nitrogen and oxygen atoms in total. The number of esters is 1. The molecule has 0 fully saturated rings. The van der Waals surface area contributed by atoms with Gasteiger partial charge in [-0.2, -0.15) is 13.2 Å². The van der Waals surface area contributed by atoms with Crippen molar-refractivity contribution in [3.8, 4) is 0 Å². The molecule has 142 valence electrons. The van der Waals surface area contributed by atoms with Crippen molar-refractivity contribution in [3.05, 3.63) is 28.8 Å². The van der Waals surface area contributed by atoms with Crippen LogP contribution in [-0.2, 0) is 20.8 Å². The lowest BCUT2D eigenvalue weighted by atomic mass is 9.75. The van der Waals surface area contributed by atoms with E-state index < -0.39 is 43.7 Å². The van der Waals surface area contributed by atoms with Gasteiger partial charge in [0.1, 0.15) is 6.04 Å². The van der Waals surface area contributed by atoms with E-state index in [0.29, 0.717) is 11.0 Å². The second-order valence-corrected chi connectivity index (χ2v) is 6.39. The normalized spacial score (nSPS) is 15.0. The number of halogens is 3. The predicted octanol–water partition coefficient (Wildman–Crippen LogP) is 1.07. The van der Waals surface area contributed by atoms with Gasteiger partial charge in [0.2, 0.25) is 0 Å². The average molecular weight is 373 g/mol. The lowest BCUT2D eigenvalue weighted by Gasteiger charge is -2.22. The van der Waals surface area contributed by atoms with Crippen LogP contribution in [0.25, 0.3) is 0 Å². The second kappa shape index (κ2) is 7.67. The lowest BCUT2D eigenvalue weighted by molar-refractivity contribution is -0.188. The topological polar surface area (TPSA) is 84.9 Å². The number of carbonyl (C=O) groups is 2. The molecule has 1 aromatic carbocycles. The van der Waals surface area contributed by atoms with Crippen molar-refractivity contribution in [3.63, 3.8) is 0 Å². The summed E-state index contributed by atoms with van der Waals surface area (Å²) < 4.78 is 46.0. The first-order chi connectivity index (χ1) is 12.0. The molecule has 0 radical (unpaired) electrons. The van der Waals surface area contributed by atoms with Crippen LogP contribution < -0.4 is 10.8 Å². The number of carbonyl (C=O) groups excluding carboxylic acids is 2. The molecule has 1 aliphatic heterocycles. The molecule has 0 spiro atoms. The van der Waals surface area contributed by atoms with Crippen LogP contribution in [0.15, 0.2) is 12.1 Å². The average Bonchev–Trinajstić information content (AvgIpc) is 2.91. The molecule has 26 heavy (non-hydrogen) atoms. The Bertz CT molecular complexity index is 708. The Labute approximate surface area is 148 Å². The van der Waals surface area contributed by atoms with Crippen LogP contribution in [0.1, 0.15) is 35.3 Å². The van der Waals surface area contributed by atoms with Gasteiger partial charge in [-0.3, -0.25) is 4.79 Å². The number of ether oxygens (including phenoxy) is 1. The minimum absolute atomic E-state index is 0.197. The molecule has 0 aromatic heterocycles. The number of fused-ring (bicyclic) bond motifs is 1. The molecule has 0 bridgehead atoms. The number of benzene rings is 1. The van der Waals surface area contributed by atoms with Crippen LogP contribution in [0, 0.1) is 12.8 Å². The Morgan fingerprint density at radius 3 is 2.62 bits per heavy atom. The van der Waals surface area contributed by atoms with Gasteiger partial charge in [-0.15, -0.1) is 0 Å². The van der Waals surface area contributed by atoms with E-state index in [9.17, 15) is 27.8 Å². The molecule has 1 heterocycles. The van der Waals surface area contributed by atoms with Gasteiger partial charge >= 0.3 is 19.3 Å². The third-order valence-corrected chi connectivity index (χ3v) is 4.08. The first-order valence-electron chi connectivity index (χ1n) is 7.97. The Balaban J connectivity index is 2.16. The predicted molar refractivity (Wildman–Crippen MR) is 86.7 cm³/mol. The monoisotopic (exact) mass is 373 g/mol. The molecule has 0 unspecified atom stereocenters. The molecular weight excluding hydrogens is 354 g/mol. The summed E-state index contributed by atoms with van der Waals surface area (Å²) >= 11 is 0. The second-order valence-electron chi connectivity index (χ2n) is 6.39. The number of hydrogen-bond donors (Lipinski definition) is 2. The maximum absolute atomic E-state index is 12.5. The van der Waals surface area contributed by atoms with Gasteiger partial charge < -0.3 is 19.7 Å². The molecule has 1 aromatic rings. The highest BCUT2D eigenvalue weighted by Gasteiger charge is 2.34. The van der Waals surface area contributed by atoms with E-state index in [1.807, 2.05) is 0 Å². The van der Waals surface area contributed by atoms with Gasteiger partial charge in [0.15, 0.2) is 6.61 Å². The van der Waals surface area contributed by atoms with E-state index >= 15 is 0 Å². The van der Waals surface area contributed by atoms with Crippen molar-refractivity contribution >= 4 is 24.5 Å². The summed E-state index contributed by atoms with van der Waals surface area (Å²) in [6.07, 6.45) is -4.64. The third kappa shape index (κ3) is 4.56. The van der Waals surface area contributed by atoms with Crippen LogP contribution in [0.2, 0.25) is 0 Å². The largest absolute Gasteiger partial charge is 0.492 e. The van der Waals surface area contributed by atoms with E-state index in [1.54, 1.807) is 26.8 Å². The highest BCUT2D eigenvalue weighted by molar-refractivity contribution is 6.62. The molecule has 1 aliphatic rings. The summed E-state index contributed by atoms with van der Waals surface area (Å²) in [5.41, 5.74) is 1.91. The zero-order chi connectivity index (χ0) is 19.6. The van der Waals surface area contributed by atoms with E-state index in [0.717, 1.165) is 5.56 Å². The minimum atomic E-state index is -4.64. The van der Waals surface area contributed by atoms with Crippen molar-refractivity contribution in [2.45, 2.75) is 39.6 Å². The summed E-state index contributed by atoms with van der Waals surface area (Å²) in [6.45, 7) is 3.28. The summed E-state index contributed by atoms with van der Waals surface area (Å²) in [7, 11) is -1.14. The van der Waals surface area contributed by atoms with Crippen molar-refractivity contribution < 1.29 is 37.2 Å². The smallest absolute Gasteiger partial charge is 0.454 e. The Morgan fingerprint density at radius 2 is 2.04 bits per heavy atom. The quantitative estimate of drug-likeness (QED) is 0.596. The molecule has 0 aliphatic carbocycles. The number of amides is 1. The fourth-order valence-corrected chi connectivity index (χ4v) is 2.71. The molecule has 0 saturated heterocycles. The van der Waals surface area contributed by atoms with Crippen LogP contribution in [0.4, 0.5) is 13.2 Å². The van der Waals surface area contributed by atoms with Crippen LogP contribution in [0.3, 0.4) is 0 Å². The van der Waals surface area contributed by atoms with Crippen molar-refractivity contribution in [2.24, 2.45) is 5.92 Å². The Hall–Kier alpha value is -2.07. The highest BCUT2D eigenvalue weighted by Crippen LogP contribution is 2.18. The number of alkyl halides is 3. The highest BCUT2D eigenvalue weighted by atomic mass is 19.4. The maximum Gasteiger partial charge on any atom is 0.492 e. The summed E-state index contributed by atoms with van der Waals surface area (Å²) in [5, 5.41) is 12.3. The van der Waals surface area contributed by atoms with Crippen LogP contribution in [0.5, 0.6) is 0 Å². The summed E-state index contributed by atoms with van der Waals surface area (Å²) in [4.78, 5) is 24.5. The Morgan fingerprint density at radius 1 is 1.38 bits per heavy atom. The van der Waals surface area contributed by atoms with Gasteiger partial charge in [0, 0.05) is 5.56 Å². The number of nitrogens with one attached hydrogen (secondary N) is 1. The molecule has 0 saturated carbocycles. The van der Waals surface area contributed by atoms with Gasteiger partial charge in [0.25, 0.3) is 5.91 Å². The molecule has 1 atom stereocenters. The first-order valence-corrected chi connectivity index (χ1v) is 7.97. The van der Waals surface area contributed by atoms with Crippen molar-refractivity contribution in [1.82, 2.24) is 5.32 Å². The zero-order valence-corrected chi connectivity index (χ0v) is 14.5. The summed E-state index contributed by atoms with van der Waals surface area (Å²) in [6, 6.07) is 1.90. The molecule has 2 N–H and O–H groups in total. The zero-order valence-electron chi connectivity index (χ0n) is 14.5. The molecule has 1 amide bonds. The fraction of sp³-hybridized carbons (Fsp3) is 0.500. The Kier molecular flexibility index (Phi) is 5.97. The van der Waals surface area contributed by atoms with Crippen molar-refractivity contribution in [2.75, 3.05) is 6.61 Å². The molecule has 2 rings (SSSR count). The van der Waals surface area contributed by atoms with Crippen LogP contribution in [-0.4, -0.2) is 42.8 Å². The summed E-state index contributed by atoms with van der Waals surface area (Å²) in [5.74, 6) is -2.29. The molecule has 10 heteroatoms. The standard InChI is InChI=1S/C16H19BF3NO5/c1-8(2)13(15(23)25-7-16(18,19)20)21-14(22)11-5-4-10-6-26-17(24)12(10)9(11)3/h4-5,8,13,24H,6-7H2,1-3H3,(H,21,22)/t13-/m0/s1. The van der Waals surface area contributed by atoms with Gasteiger partial charge in [-0.1, -0.05) is 19.9 Å². The van der Waals surface area contributed by atoms with Gasteiger partial charge in [-0.05, 0) is 35.5 Å². The first kappa shape index (κ1) is 20.2. The van der Waals surface area contributed by atoms with E-state index in [1.165, 1.54) is 6.07 Å². The van der Waals surface area contributed by atoms with Gasteiger partial charge in [-0.25, -0.2) is 4.79 Å². The number of rotatable bonds is 5. The van der Waals surface area contributed by atoms with Crippen LogP contribution >= 0.6 is 0 Å². The van der Waals surface area contributed by atoms with E-state index in [4.69, 9.17) is 4.65 Å². The number of hydrogen-bond acceptors (Lipinski definition) is 5. The van der Waals surface area contributed by atoms with Crippen molar-refractivity contribution in [1.29, 1.82) is 0 Å². The lowest BCUT2D eigenvalue weighted by Crippen LogP contribution is -2.46. The fourth-order valence-electron chi connectivity index (χ4n) is 2.71. The van der Waals surface area contributed by atoms with E-state index in [2.05, 4.69) is 10.1 Å². The van der Waals surface area contributed by atoms with Gasteiger partial charge in [0.05, 0.1) is 6.61 Å². The molecular formula is C16H19BF3NO5. The minimum Gasteiger partial charge on any atom is -0.454 e. The third-order valence-electron chi connectivity index (χ3n) is 4.08.